The number of hydrogen-bond acceptors (Lipinski definition) is 3. The fourth-order valence-corrected chi connectivity index (χ4v) is 3.04. The first-order chi connectivity index (χ1) is 8.64. The zero-order valence-corrected chi connectivity index (χ0v) is 14.8. The second-order valence-electron chi connectivity index (χ2n) is 6.61. The van der Waals surface area contributed by atoms with E-state index >= 15 is 0 Å². The van der Waals surface area contributed by atoms with Gasteiger partial charge in [0.2, 0.25) is 0 Å². The van der Waals surface area contributed by atoms with Crippen LogP contribution in [0.5, 0.6) is 0 Å². The van der Waals surface area contributed by atoms with E-state index in [0.29, 0.717) is 6.79 Å². The van der Waals surface area contributed by atoms with Gasteiger partial charge in [-0.25, -0.2) is 0 Å². The molecule has 0 aliphatic heterocycles. The molecular weight excluding hydrogens is 256 g/mol. The van der Waals surface area contributed by atoms with Gasteiger partial charge in [-0.3, -0.25) is 0 Å². The van der Waals surface area contributed by atoms with Crippen LogP contribution in [0.15, 0.2) is 12.7 Å². The molecule has 0 spiro atoms. The minimum absolute atomic E-state index is 0.0467. The van der Waals surface area contributed by atoms with Crippen LogP contribution in [0.25, 0.3) is 0 Å². The van der Waals surface area contributed by atoms with Crippen LogP contribution in [0.4, 0.5) is 0 Å². The van der Waals surface area contributed by atoms with Crippen molar-refractivity contribution in [2.75, 3.05) is 13.9 Å². The van der Waals surface area contributed by atoms with Crippen molar-refractivity contribution in [2.24, 2.45) is 0 Å². The Bertz CT molecular complexity index is 259. The van der Waals surface area contributed by atoms with E-state index < -0.39 is 8.32 Å². The lowest BCUT2D eigenvalue weighted by atomic mass is 10.1. The van der Waals surface area contributed by atoms with Crippen LogP contribution in [0.1, 0.15) is 40.5 Å². The van der Waals surface area contributed by atoms with Crippen LogP contribution >= 0.6 is 0 Å². The lowest BCUT2D eigenvalue weighted by Gasteiger charge is -2.38. The minimum Gasteiger partial charge on any atom is -0.414 e. The zero-order valence-electron chi connectivity index (χ0n) is 13.8. The summed E-state index contributed by atoms with van der Waals surface area (Å²) < 4.78 is 16.7. The van der Waals surface area contributed by atoms with Crippen LogP contribution in [0.3, 0.4) is 0 Å². The van der Waals surface area contributed by atoms with Crippen LogP contribution in [0, 0.1) is 0 Å². The molecular formula is C15H32O3Si. The van der Waals surface area contributed by atoms with E-state index in [1.807, 2.05) is 6.08 Å². The van der Waals surface area contributed by atoms with Gasteiger partial charge in [-0.1, -0.05) is 26.8 Å². The molecule has 0 aromatic rings. The van der Waals surface area contributed by atoms with E-state index in [1.54, 1.807) is 7.11 Å². The Morgan fingerprint density at radius 2 is 1.79 bits per heavy atom. The third kappa shape index (κ3) is 7.25. The molecule has 0 heterocycles. The Labute approximate surface area is 120 Å². The third-order valence-electron chi connectivity index (χ3n) is 3.82. The Morgan fingerprint density at radius 3 is 2.21 bits per heavy atom. The molecule has 2 atom stereocenters. The summed E-state index contributed by atoms with van der Waals surface area (Å²) in [6, 6.07) is 0. The maximum absolute atomic E-state index is 6.32. The second-order valence-corrected chi connectivity index (χ2v) is 11.4. The quantitative estimate of drug-likeness (QED) is 0.358. The zero-order chi connectivity index (χ0) is 15.1. The lowest BCUT2D eigenvalue weighted by molar-refractivity contribution is -0.0596. The first-order valence-electron chi connectivity index (χ1n) is 7.05. The molecule has 0 amide bonds. The van der Waals surface area contributed by atoms with Gasteiger partial charge in [0.15, 0.2) is 8.32 Å². The molecule has 0 N–H and O–H groups in total. The summed E-state index contributed by atoms with van der Waals surface area (Å²) in [6.07, 6.45) is 4.04. The van der Waals surface area contributed by atoms with Gasteiger partial charge in [-0.2, -0.15) is 0 Å². The highest BCUT2D eigenvalue weighted by Crippen LogP contribution is 2.37. The molecule has 114 valence electrons. The lowest BCUT2D eigenvalue weighted by Crippen LogP contribution is -2.43. The summed E-state index contributed by atoms with van der Waals surface area (Å²) >= 11 is 0. The molecule has 0 saturated carbocycles. The van der Waals surface area contributed by atoms with E-state index in [0.717, 1.165) is 12.8 Å². The van der Waals surface area contributed by atoms with Crippen molar-refractivity contribution >= 4 is 8.32 Å². The van der Waals surface area contributed by atoms with Crippen molar-refractivity contribution in [1.82, 2.24) is 0 Å². The molecule has 0 aliphatic rings. The van der Waals surface area contributed by atoms with Gasteiger partial charge in [0.25, 0.3) is 0 Å². The van der Waals surface area contributed by atoms with Crippen LogP contribution in [-0.4, -0.2) is 34.4 Å². The van der Waals surface area contributed by atoms with Gasteiger partial charge in [0.05, 0.1) is 6.10 Å². The van der Waals surface area contributed by atoms with E-state index in [2.05, 4.69) is 47.4 Å². The standard InChI is InChI=1S/C15H32O3Si/c1-9-14(17-12-16-6)11-10-13(2)18-19(7,8)15(3,4)5/h9,13-14H,1,10-12H2,2-8H3/t13-,14+/m0/s1. The molecule has 0 aliphatic carbocycles. The van der Waals surface area contributed by atoms with Crippen LogP contribution in [-0.2, 0) is 13.9 Å². The molecule has 0 unspecified atom stereocenters. The number of methoxy groups -OCH3 is 1. The van der Waals surface area contributed by atoms with Crippen LogP contribution < -0.4 is 0 Å². The molecule has 0 fully saturated rings. The highest BCUT2D eigenvalue weighted by atomic mass is 28.4. The molecule has 0 bridgehead atoms. The maximum Gasteiger partial charge on any atom is 0.192 e. The van der Waals surface area contributed by atoms with Gasteiger partial charge in [0.1, 0.15) is 6.79 Å². The fraction of sp³-hybridized carbons (Fsp3) is 0.867. The van der Waals surface area contributed by atoms with Crippen molar-refractivity contribution in [2.45, 2.75) is 70.9 Å². The topological polar surface area (TPSA) is 27.7 Å². The molecule has 0 aromatic heterocycles. The molecule has 0 rings (SSSR count). The SMILES string of the molecule is C=C[C@H](CC[C@H](C)O[Si](C)(C)C(C)(C)C)OCOC. The highest BCUT2D eigenvalue weighted by molar-refractivity contribution is 6.74. The van der Waals surface area contributed by atoms with Crippen molar-refractivity contribution in [3.05, 3.63) is 12.7 Å². The van der Waals surface area contributed by atoms with Crippen molar-refractivity contribution in [3.8, 4) is 0 Å². The normalized spacial score (nSPS) is 16.2. The van der Waals surface area contributed by atoms with E-state index in [1.165, 1.54) is 0 Å². The van der Waals surface area contributed by atoms with Gasteiger partial charge in [0, 0.05) is 13.2 Å². The molecule has 0 radical (unpaired) electrons. The van der Waals surface area contributed by atoms with Gasteiger partial charge in [-0.15, -0.1) is 6.58 Å². The molecule has 0 aromatic carbocycles. The molecule has 0 saturated heterocycles. The molecule has 3 nitrogen and oxygen atoms in total. The Morgan fingerprint density at radius 1 is 1.21 bits per heavy atom. The van der Waals surface area contributed by atoms with E-state index in [9.17, 15) is 0 Å². The Balaban J connectivity index is 4.17. The Hall–Kier alpha value is -0.163. The van der Waals surface area contributed by atoms with Gasteiger partial charge >= 0.3 is 0 Å². The van der Waals surface area contributed by atoms with Gasteiger partial charge in [-0.05, 0) is 37.9 Å². The summed E-state index contributed by atoms with van der Waals surface area (Å²) in [5, 5.41) is 0.256. The van der Waals surface area contributed by atoms with Gasteiger partial charge < -0.3 is 13.9 Å². The summed E-state index contributed by atoms with van der Waals surface area (Å²) in [4.78, 5) is 0. The average Bonchev–Trinajstić information content (AvgIpc) is 2.27. The molecule has 4 heteroatoms. The first kappa shape index (κ1) is 18.8. The fourth-order valence-electron chi connectivity index (χ4n) is 1.56. The summed E-state index contributed by atoms with van der Waals surface area (Å²) in [6.45, 7) is 17.6. The largest absolute Gasteiger partial charge is 0.414 e. The molecule has 19 heavy (non-hydrogen) atoms. The highest BCUT2D eigenvalue weighted by Gasteiger charge is 2.38. The summed E-state index contributed by atoms with van der Waals surface area (Å²) in [7, 11) is -0.0386. The third-order valence-corrected chi connectivity index (χ3v) is 8.43. The van der Waals surface area contributed by atoms with Crippen LogP contribution in [0.2, 0.25) is 18.1 Å². The van der Waals surface area contributed by atoms with Crippen molar-refractivity contribution in [1.29, 1.82) is 0 Å². The summed E-state index contributed by atoms with van der Waals surface area (Å²) in [5.41, 5.74) is 0. The maximum atomic E-state index is 6.32. The predicted octanol–water partition coefficient (Wildman–Crippen LogP) is 4.35. The second kappa shape index (κ2) is 8.20. The van der Waals surface area contributed by atoms with E-state index in [4.69, 9.17) is 13.9 Å². The number of hydrogen-bond donors (Lipinski definition) is 0. The van der Waals surface area contributed by atoms with Crippen molar-refractivity contribution < 1.29 is 13.9 Å². The van der Waals surface area contributed by atoms with E-state index in [-0.39, 0.29) is 17.2 Å². The Kier molecular flexibility index (Phi) is 8.13. The number of rotatable bonds is 9. The predicted molar refractivity (Wildman–Crippen MR) is 83.9 cm³/mol. The smallest absolute Gasteiger partial charge is 0.192 e. The monoisotopic (exact) mass is 288 g/mol. The van der Waals surface area contributed by atoms with Crippen molar-refractivity contribution in [3.63, 3.8) is 0 Å². The minimum atomic E-state index is -1.67. The number of ether oxygens (including phenoxy) is 2. The average molecular weight is 289 g/mol. The first-order valence-corrected chi connectivity index (χ1v) is 9.95. The summed E-state index contributed by atoms with van der Waals surface area (Å²) in [5.74, 6) is 0.